The van der Waals surface area contributed by atoms with Gasteiger partial charge in [0.05, 0.1) is 44.1 Å². The number of quaternary nitrogens is 1. The Bertz CT molecular complexity index is 723. The zero-order valence-corrected chi connectivity index (χ0v) is 17.0. The molecule has 0 unspecified atom stereocenters. The molecule has 1 aromatic rings. The maximum Gasteiger partial charge on any atom is 0.277 e. The number of carbonyl (C=O) groups is 1. The summed E-state index contributed by atoms with van der Waals surface area (Å²) in [7, 11) is -3.32. The monoisotopic (exact) mass is 396 g/mol. The molecular formula is C19H30N3O4S+. The van der Waals surface area contributed by atoms with Crippen LogP contribution in [-0.4, -0.2) is 81.6 Å². The first-order chi connectivity index (χ1) is 12.8. The van der Waals surface area contributed by atoms with E-state index in [1.807, 2.05) is 49.1 Å². The Labute approximate surface area is 161 Å². The number of ether oxygens (including phenoxy) is 1. The second kappa shape index (κ2) is 8.68. The van der Waals surface area contributed by atoms with E-state index in [9.17, 15) is 13.2 Å². The average molecular weight is 397 g/mol. The molecule has 2 aliphatic heterocycles. The molecule has 2 saturated heterocycles. The van der Waals surface area contributed by atoms with E-state index in [1.54, 1.807) is 4.31 Å². The molecule has 0 aromatic heterocycles. The molecule has 2 fully saturated rings. The quantitative estimate of drug-likeness (QED) is 0.718. The lowest BCUT2D eigenvalue weighted by molar-refractivity contribution is -0.896. The zero-order valence-electron chi connectivity index (χ0n) is 16.1. The topological polar surface area (TPSA) is 71.4 Å². The van der Waals surface area contributed by atoms with E-state index >= 15 is 0 Å². The van der Waals surface area contributed by atoms with E-state index < -0.39 is 10.0 Å². The molecule has 0 aliphatic carbocycles. The predicted molar refractivity (Wildman–Crippen MR) is 103 cm³/mol. The van der Waals surface area contributed by atoms with E-state index in [2.05, 4.69) is 0 Å². The number of benzene rings is 1. The number of amides is 1. The first-order valence-corrected chi connectivity index (χ1v) is 11.2. The van der Waals surface area contributed by atoms with Gasteiger partial charge in [-0.3, -0.25) is 4.79 Å². The van der Waals surface area contributed by atoms with Crippen LogP contribution in [-0.2, 0) is 25.3 Å². The molecule has 0 saturated carbocycles. The average Bonchev–Trinajstić information content (AvgIpc) is 2.62. The van der Waals surface area contributed by atoms with Gasteiger partial charge in [-0.15, -0.1) is 0 Å². The third-order valence-electron chi connectivity index (χ3n) is 5.19. The highest BCUT2D eigenvalue weighted by Gasteiger charge is 2.32. The van der Waals surface area contributed by atoms with Crippen molar-refractivity contribution in [3.05, 3.63) is 35.9 Å². The molecule has 1 amide bonds. The fourth-order valence-corrected chi connectivity index (χ4v) is 5.38. The largest absolute Gasteiger partial charge is 0.372 e. The van der Waals surface area contributed by atoms with Gasteiger partial charge in [0.15, 0.2) is 6.54 Å². The van der Waals surface area contributed by atoms with Crippen LogP contribution in [0.4, 0.5) is 0 Å². The van der Waals surface area contributed by atoms with Crippen molar-refractivity contribution in [3.8, 4) is 0 Å². The van der Waals surface area contributed by atoms with Gasteiger partial charge >= 0.3 is 0 Å². The van der Waals surface area contributed by atoms with Crippen LogP contribution in [0.3, 0.4) is 0 Å². The van der Waals surface area contributed by atoms with Crippen molar-refractivity contribution in [1.82, 2.24) is 9.21 Å². The molecule has 150 valence electrons. The minimum Gasteiger partial charge on any atom is -0.372 e. The van der Waals surface area contributed by atoms with E-state index in [-0.39, 0.29) is 23.9 Å². The molecule has 1 N–H and O–H groups in total. The molecular weight excluding hydrogens is 366 g/mol. The molecule has 8 heteroatoms. The molecule has 2 heterocycles. The van der Waals surface area contributed by atoms with Crippen molar-refractivity contribution < 1.29 is 22.8 Å². The third-order valence-corrected chi connectivity index (χ3v) is 7.04. The second-order valence-electron chi connectivity index (χ2n) is 7.62. The molecule has 1 aromatic carbocycles. The fourth-order valence-electron chi connectivity index (χ4n) is 3.84. The molecule has 27 heavy (non-hydrogen) atoms. The Morgan fingerprint density at radius 2 is 1.70 bits per heavy atom. The normalized spacial score (nSPS) is 25.5. The number of carbonyl (C=O) groups excluding carboxylic acids is 1. The molecule has 3 rings (SSSR count). The first kappa shape index (κ1) is 20.3. The Hall–Kier alpha value is -1.48. The van der Waals surface area contributed by atoms with E-state index in [0.717, 1.165) is 10.5 Å². The van der Waals surface area contributed by atoms with Crippen LogP contribution >= 0.6 is 0 Å². The lowest BCUT2D eigenvalue weighted by Gasteiger charge is -2.37. The minimum absolute atomic E-state index is 0.0334. The zero-order chi connectivity index (χ0) is 19.4. The van der Waals surface area contributed by atoms with Crippen LogP contribution in [0.15, 0.2) is 30.3 Å². The Morgan fingerprint density at radius 3 is 2.30 bits per heavy atom. The van der Waals surface area contributed by atoms with Gasteiger partial charge in [0.1, 0.15) is 0 Å². The summed E-state index contributed by atoms with van der Waals surface area (Å²) in [6.07, 6.45) is 0.125. The summed E-state index contributed by atoms with van der Waals surface area (Å²) in [5, 5.41) is 0. The number of nitrogens with zero attached hydrogens (tertiary/aromatic N) is 2. The Kier molecular flexibility index (Phi) is 6.52. The van der Waals surface area contributed by atoms with Crippen molar-refractivity contribution in [2.24, 2.45) is 0 Å². The summed E-state index contributed by atoms with van der Waals surface area (Å²) in [6, 6.07) is 9.26. The van der Waals surface area contributed by atoms with Crippen LogP contribution in [0, 0.1) is 0 Å². The van der Waals surface area contributed by atoms with Gasteiger partial charge in [-0.25, -0.2) is 8.42 Å². The van der Waals surface area contributed by atoms with E-state index in [1.165, 1.54) is 0 Å². The van der Waals surface area contributed by atoms with Crippen LogP contribution in [0.5, 0.6) is 0 Å². The van der Waals surface area contributed by atoms with Crippen molar-refractivity contribution in [2.75, 3.05) is 45.8 Å². The predicted octanol–water partition coefficient (Wildman–Crippen LogP) is -0.647. The smallest absolute Gasteiger partial charge is 0.277 e. The summed E-state index contributed by atoms with van der Waals surface area (Å²) >= 11 is 0. The number of sulfonamides is 1. The molecule has 2 atom stereocenters. The summed E-state index contributed by atoms with van der Waals surface area (Å²) < 4.78 is 32.5. The highest BCUT2D eigenvalue weighted by Crippen LogP contribution is 2.12. The Morgan fingerprint density at radius 1 is 1.11 bits per heavy atom. The van der Waals surface area contributed by atoms with E-state index in [4.69, 9.17) is 4.74 Å². The van der Waals surface area contributed by atoms with Gasteiger partial charge in [-0.05, 0) is 19.4 Å². The summed E-state index contributed by atoms with van der Waals surface area (Å²) in [6.45, 7) is 7.91. The highest BCUT2D eigenvalue weighted by atomic mass is 32.2. The standard InChI is InChI=1S/C19H29N3O4S/c1-16-12-21(13-17(2)26-16)19(23)14-20-8-10-22(11-9-20)27(24,25)15-18-6-4-3-5-7-18/h3-7,16-17H,8-15H2,1-2H3/p+1/t16-,17+. The van der Waals surface area contributed by atoms with Gasteiger partial charge in [-0.2, -0.15) is 4.31 Å². The van der Waals surface area contributed by atoms with Crippen molar-refractivity contribution >= 4 is 15.9 Å². The van der Waals surface area contributed by atoms with Crippen molar-refractivity contribution in [1.29, 1.82) is 0 Å². The minimum atomic E-state index is -3.32. The molecule has 0 bridgehead atoms. The van der Waals surface area contributed by atoms with Gasteiger partial charge < -0.3 is 14.5 Å². The van der Waals surface area contributed by atoms with Crippen LogP contribution in [0.1, 0.15) is 19.4 Å². The van der Waals surface area contributed by atoms with Gasteiger partial charge in [0.25, 0.3) is 5.91 Å². The number of nitrogens with one attached hydrogen (secondary N) is 1. The fraction of sp³-hybridized carbons (Fsp3) is 0.632. The van der Waals surface area contributed by atoms with Crippen molar-refractivity contribution in [3.63, 3.8) is 0 Å². The van der Waals surface area contributed by atoms with Gasteiger partial charge in [-0.1, -0.05) is 30.3 Å². The number of morpholine rings is 1. The number of rotatable bonds is 5. The Balaban J connectivity index is 1.49. The molecule has 0 spiro atoms. The molecule has 2 aliphatic rings. The summed E-state index contributed by atoms with van der Waals surface area (Å²) in [4.78, 5) is 15.6. The molecule has 0 radical (unpaired) electrons. The van der Waals surface area contributed by atoms with Crippen LogP contribution < -0.4 is 4.90 Å². The lowest BCUT2D eigenvalue weighted by atomic mass is 10.2. The van der Waals surface area contributed by atoms with Gasteiger partial charge in [0, 0.05) is 13.1 Å². The second-order valence-corrected chi connectivity index (χ2v) is 9.59. The first-order valence-electron chi connectivity index (χ1n) is 9.62. The van der Waals surface area contributed by atoms with E-state index in [0.29, 0.717) is 45.8 Å². The summed E-state index contributed by atoms with van der Waals surface area (Å²) in [5.74, 6) is 0.165. The number of hydrogen-bond donors (Lipinski definition) is 1. The van der Waals surface area contributed by atoms with Crippen LogP contribution in [0.2, 0.25) is 0 Å². The highest BCUT2D eigenvalue weighted by molar-refractivity contribution is 7.88. The number of hydrogen-bond acceptors (Lipinski definition) is 4. The van der Waals surface area contributed by atoms with Crippen LogP contribution in [0.25, 0.3) is 0 Å². The van der Waals surface area contributed by atoms with Crippen molar-refractivity contribution in [2.45, 2.75) is 31.8 Å². The SMILES string of the molecule is C[C@@H]1CN(C(=O)C[NH+]2CCN(S(=O)(=O)Cc3ccccc3)CC2)C[C@H](C)O1. The van der Waals surface area contributed by atoms with Gasteiger partial charge in [0.2, 0.25) is 10.0 Å². The maximum absolute atomic E-state index is 12.6. The summed E-state index contributed by atoms with van der Waals surface area (Å²) in [5.41, 5.74) is 0.804. The molecule has 7 nitrogen and oxygen atoms in total. The lowest BCUT2D eigenvalue weighted by Crippen LogP contribution is -3.15. The third kappa shape index (κ3) is 5.51. The maximum atomic E-state index is 12.6. The number of piperazine rings is 1.